The van der Waals surface area contributed by atoms with E-state index in [2.05, 4.69) is 15.3 Å². The van der Waals surface area contributed by atoms with Crippen LogP contribution in [-0.4, -0.2) is 21.9 Å². The van der Waals surface area contributed by atoms with Crippen LogP contribution in [0.2, 0.25) is 0 Å². The number of nitrogens with two attached hydrogens (primary N) is 1. The van der Waals surface area contributed by atoms with Crippen molar-refractivity contribution in [2.45, 2.75) is 19.4 Å². The van der Waals surface area contributed by atoms with E-state index in [1.165, 1.54) is 0 Å². The average molecular weight is 256 g/mol. The van der Waals surface area contributed by atoms with E-state index in [4.69, 9.17) is 5.73 Å². The smallest absolute Gasteiger partial charge is 0.240 e. The molecule has 1 heterocycles. The fourth-order valence-corrected chi connectivity index (χ4v) is 1.79. The van der Waals surface area contributed by atoms with E-state index in [9.17, 15) is 4.79 Å². The van der Waals surface area contributed by atoms with Crippen LogP contribution in [0.3, 0.4) is 0 Å². The molecule has 19 heavy (non-hydrogen) atoms. The summed E-state index contributed by atoms with van der Waals surface area (Å²) in [6.07, 6.45) is 2.17. The molecular weight excluding hydrogens is 240 g/mol. The Labute approximate surface area is 111 Å². The Morgan fingerprint density at radius 2 is 2.05 bits per heavy atom. The topological polar surface area (TPSA) is 80.9 Å². The molecule has 0 spiro atoms. The van der Waals surface area contributed by atoms with Gasteiger partial charge in [0.05, 0.1) is 0 Å². The van der Waals surface area contributed by atoms with Gasteiger partial charge in [-0.25, -0.2) is 9.97 Å². The van der Waals surface area contributed by atoms with Gasteiger partial charge in [-0.05, 0) is 18.6 Å². The molecule has 0 bridgehead atoms. The number of aryl methyl sites for hydroxylation is 1. The molecule has 1 atom stereocenters. The third-order valence-electron chi connectivity index (χ3n) is 2.72. The van der Waals surface area contributed by atoms with Crippen LogP contribution >= 0.6 is 0 Å². The fraction of sp³-hybridized carbons (Fsp3) is 0.214. The lowest BCUT2D eigenvalue weighted by Gasteiger charge is -2.16. The van der Waals surface area contributed by atoms with E-state index in [0.29, 0.717) is 18.1 Å². The van der Waals surface area contributed by atoms with Crippen LogP contribution in [0, 0.1) is 6.92 Å². The van der Waals surface area contributed by atoms with Crippen molar-refractivity contribution in [1.82, 2.24) is 9.97 Å². The summed E-state index contributed by atoms with van der Waals surface area (Å²) < 4.78 is 0. The molecule has 0 aliphatic rings. The Bertz CT molecular complexity index is 556. The summed E-state index contributed by atoms with van der Waals surface area (Å²) in [6, 6.07) is 10.9. The van der Waals surface area contributed by atoms with Gasteiger partial charge in [0.15, 0.2) is 0 Å². The van der Waals surface area contributed by atoms with Gasteiger partial charge in [-0.3, -0.25) is 4.79 Å². The van der Waals surface area contributed by atoms with E-state index in [1.54, 1.807) is 19.2 Å². The maximum Gasteiger partial charge on any atom is 0.240 e. The summed E-state index contributed by atoms with van der Waals surface area (Å²) in [5.41, 5.74) is 6.47. The zero-order valence-electron chi connectivity index (χ0n) is 10.7. The van der Waals surface area contributed by atoms with Crippen LogP contribution in [0.1, 0.15) is 11.4 Å². The molecule has 1 aromatic carbocycles. The first kappa shape index (κ1) is 13.0. The molecule has 0 saturated heterocycles. The van der Waals surface area contributed by atoms with Crippen molar-refractivity contribution in [2.75, 3.05) is 5.32 Å². The standard InChI is InChI=1S/C14H16N4O/c1-10-16-8-7-13(17-10)18-12(14(15)19)9-11-5-3-2-4-6-11/h2-8,12H,9H2,1H3,(H2,15,19)(H,16,17,18)/t12-/m0/s1. The number of amides is 1. The molecule has 98 valence electrons. The number of primary amides is 1. The average Bonchev–Trinajstić information content (AvgIpc) is 2.39. The molecule has 0 unspecified atom stereocenters. The first-order chi connectivity index (χ1) is 9.15. The van der Waals surface area contributed by atoms with Crippen molar-refractivity contribution < 1.29 is 4.79 Å². The van der Waals surface area contributed by atoms with E-state index in [1.807, 2.05) is 30.3 Å². The Morgan fingerprint density at radius 3 is 2.68 bits per heavy atom. The molecule has 1 aromatic heterocycles. The molecule has 5 heteroatoms. The molecule has 0 fully saturated rings. The lowest BCUT2D eigenvalue weighted by atomic mass is 10.1. The maximum absolute atomic E-state index is 11.5. The van der Waals surface area contributed by atoms with Gasteiger partial charge in [-0.15, -0.1) is 0 Å². The van der Waals surface area contributed by atoms with E-state index in [-0.39, 0.29) is 0 Å². The number of nitrogens with zero attached hydrogens (tertiary/aromatic N) is 2. The number of hydrogen-bond acceptors (Lipinski definition) is 4. The molecular formula is C14H16N4O. The van der Waals surface area contributed by atoms with Gasteiger partial charge in [0.2, 0.25) is 5.91 Å². The van der Waals surface area contributed by atoms with E-state index < -0.39 is 11.9 Å². The number of rotatable bonds is 5. The Morgan fingerprint density at radius 1 is 1.32 bits per heavy atom. The minimum absolute atomic E-state index is 0.403. The summed E-state index contributed by atoms with van der Waals surface area (Å²) in [7, 11) is 0. The Hall–Kier alpha value is -2.43. The second-order valence-corrected chi connectivity index (χ2v) is 4.28. The van der Waals surface area contributed by atoms with Gasteiger partial charge >= 0.3 is 0 Å². The normalized spacial score (nSPS) is 11.8. The SMILES string of the molecule is Cc1nccc(N[C@@H](Cc2ccccc2)C(N)=O)n1. The first-order valence-corrected chi connectivity index (χ1v) is 6.04. The van der Waals surface area contributed by atoms with Crippen molar-refractivity contribution in [1.29, 1.82) is 0 Å². The van der Waals surface area contributed by atoms with Crippen LogP contribution in [0.5, 0.6) is 0 Å². The third kappa shape index (κ3) is 3.77. The largest absolute Gasteiger partial charge is 0.368 e. The Kier molecular flexibility index (Phi) is 4.07. The van der Waals surface area contributed by atoms with Crippen LogP contribution in [0.15, 0.2) is 42.6 Å². The summed E-state index contributed by atoms with van der Waals surface area (Å²) in [6.45, 7) is 1.79. The predicted octanol–water partition coefficient (Wildman–Crippen LogP) is 1.29. The van der Waals surface area contributed by atoms with Gasteiger partial charge in [-0.2, -0.15) is 0 Å². The quantitative estimate of drug-likeness (QED) is 0.844. The summed E-state index contributed by atoms with van der Waals surface area (Å²) in [4.78, 5) is 19.7. The number of anilines is 1. The minimum atomic E-state index is -0.489. The van der Waals surface area contributed by atoms with Gasteiger partial charge < -0.3 is 11.1 Å². The zero-order valence-corrected chi connectivity index (χ0v) is 10.7. The van der Waals surface area contributed by atoms with Crippen LogP contribution < -0.4 is 11.1 Å². The zero-order chi connectivity index (χ0) is 13.7. The Balaban J connectivity index is 2.11. The number of carbonyl (C=O) groups is 1. The first-order valence-electron chi connectivity index (χ1n) is 6.04. The third-order valence-corrected chi connectivity index (χ3v) is 2.72. The molecule has 2 aromatic rings. The van der Waals surface area contributed by atoms with E-state index in [0.717, 1.165) is 5.56 Å². The van der Waals surface area contributed by atoms with Gasteiger partial charge in [0, 0.05) is 12.6 Å². The monoisotopic (exact) mass is 256 g/mol. The van der Waals surface area contributed by atoms with Crippen molar-refractivity contribution >= 4 is 11.7 Å². The van der Waals surface area contributed by atoms with Crippen LogP contribution in [0.4, 0.5) is 5.82 Å². The fourth-order valence-electron chi connectivity index (χ4n) is 1.79. The summed E-state index contributed by atoms with van der Waals surface area (Å²) in [5.74, 6) is 0.847. The lowest BCUT2D eigenvalue weighted by Crippen LogP contribution is -2.37. The van der Waals surface area contributed by atoms with E-state index >= 15 is 0 Å². The van der Waals surface area contributed by atoms with Crippen molar-refractivity contribution in [3.63, 3.8) is 0 Å². The van der Waals surface area contributed by atoms with Crippen molar-refractivity contribution in [2.24, 2.45) is 5.73 Å². The summed E-state index contributed by atoms with van der Waals surface area (Å²) >= 11 is 0. The number of benzene rings is 1. The molecule has 0 aliphatic heterocycles. The van der Waals surface area contributed by atoms with Gasteiger partial charge in [0.1, 0.15) is 17.7 Å². The molecule has 3 N–H and O–H groups in total. The molecule has 1 amide bonds. The molecule has 5 nitrogen and oxygen atoms in total. The van der Waals surface area contributed by atoms with Crippen LogP contribution in [0.25, 0.3) is 0 Å². The highest BCUT2D eigenvalue weighted by Crippen LogP contribution is 2.09. The predicted molar refractivity (Wildman–Crippen MR) is 73.5 cm³/mol. The second kappa shape index (κ2) is 5.95. The second-order valence-electron chi connectivity index (χ2n) is 4.28. The highest BCUT2D eigenvalue weighted by molar-refractivity contribution is 5.83. The van der Waals surface area contributed by atoms with Gasteiger partial charge in [-0.1, -0.05) is 30.3 Å². The number of carbonyl (C=O) groups excluding carboxylic acids is 1. The lowest BCUT2D eigenvalue weighted by molar-refractivity contribution is -0.118. The summed E-state index contributed by atoms with van der Waals surface area (Å²) in [5, 5.41) is 3.04. The highest BCUT2D eigenvalue weighted by Gasteiger charge is 2.16. The maximum atomic E-state index is 11.5. The highest BCUT2D eigenvalue weighted by atomic mass is 16.1. The molecule has 0 aliphatic carbocycles. The van der Waals surface area contributed by atoms with Gasteiger partial charge in [0.25, 0.3) is 0 Å². The molecule has 0 saturated carbocycles. The number of hydrogen-bond donors (Lipinski definition) is 2. The molecule has 2 rings (SSSR count). The number of nitrogens with one attached hydrogen (secondary N) is 1. The number of aromatic nitrogens is 2. The van der Waals surface area contributed by atoms with Crippen molar-refractivity contribution in [3.05, 3.63) is 54.0 Å². The van der Waals surface area contributed by atoms with Crippen LogP contribution in [-0.2, 0) is 11.2 Å². The minimum Gasteiger partial charge on any atom is -0.368 e. The molecule has 0 radical (unpaired) electrons. The van der Waals surface area contributed by atoms with Crippen molar-refractivity contribution in [3.8, 4) is 0 Å².